The minimum Gasteiger partial charge on any atom is -0.322 e. The van der Waals surface area contributed by atoms with Crippen molar-refractivity contribution in [1.82, 2.24) is 5.32 Å². The Morgan fingerprint density at radius 2 is 2.30 bits per heavy atom. The highest BCUT2D eigenvalue weighted by Crippen LogP contribution is 2.16. The lowest BCUT2D eigenvalue weighted by molar-refractivity contribution is -0.115. The SMILES string of the molecule is C=C1NC(=O)C(C#N)=C1C. The molecule has 10 heavy (non-hydrogen) atoms. The summed E-state index contributed by atoms with van der Waals surface area (Å²) in [4.78, 5) is 10.8. The van der Waals surface area contributed by atoms with Crippen molar-refractivity contribution in [3.8, 4) is 6.07 Å². The number of carbonyl (C=O) groups excluding carboxylic acids is 1. The lowest BCUT2D eigenvalue weighted by Gasteiger charge is -1.91. The van der Waals surface area contributed by atoms with E-state index in [1.165, 1.54) is 0 Å². The van der Waals surface area contributed by atoms with Gasteiger partial charge in [0.15, 0.2) is 0 Å². The molecule has 0 aromatic rings. The summed E-state index contributed by atoms with van der Waals surface area (Å²) in [7, 11) is 0. The van der Waals surface area contributed by atoms with E-state index in [1.807, 2.05) is 0 Å². The van der Waals surface area contributed by atoms with Gasteiger partial charge in [0.05, 0.1) is 0 Å². The van der Waals surface area contributed by atoms with Gasteiger partial charge in [0, 0.05) is 5.70 Å². The molecule has 0 aromatic heterocycles. The molecule has 0 fully saturated rings. The third kappa shape index (κ3) is 0.705. The summed E-state index contributed by atoms with van der Waals surface area (Å²) < 4.78 is 0. The highest BCUT2D eigenvalue weighted by Gasteiger charge is 2.21. The second-order valence-electron chi connectivity index (χ2n) is 2.04. The third-order valence-corrected chi connectivity index (χ3v) is 1.43. The molecule has 1 heterocycles. The van der Waals surface area contributed by atoms with Gasteiger partial charge >= 0.3 is 0 Å². The first-order chi connectivity index (χ1) is 4.66. The Morgan fingerprint density at radius 1 is 1.70 bits per heavy atom. The maximum absolute atomic E-state index is 10.8. The largest absolute Gasteiger partial charge is 0.322 e. The summed E-state index contributed by atoms with van der Waals surface area (Å²) in [5, 5.41) is 10.9. The maximum atomic E-state index is 10.8. The Balaban J connectivity index is 3.17. The van der Waals surface area contributed by atoms with Crippen LogP contribution in [0.4, 0.5) is 0 Å². The lowest BCUT2D eigenvalue weighted by atomic mass is 10.2. The van der Waals surface area contributed by atoms with E-state index in [0.29, 0.717) is 11.3 Å². The monoisotopic (exact) mass is 134 g/mol. The van der Waals surface area contributed by atoms with Gasteiger partial charge < -0.3 is 5.32 Å². The molecule has 0 radical (unpaired) electrons. The average Bonchev–Trinajstić information content (AvgIpc) is 2.09. The van der Waals surface area contributed by atoms with Crippen molar-refractivity contribution in [2.45, 2.75) is 6.92 Å². The molecule has 1 rings (SSSR count). The fraction of sp³-hybridized carbons (Fsp3) is 0.143. The molecular weight excluding hydrogens is 128 g/mol. The highest BCUT2D eigenvalue weighted by molar-refractivity contribution is 6.03. The van der Waals surface area contributed by atoms with Gasteiger partial charge in [-0.2, -0.15) is 5.26 Å². The number of rotatable bonds is 0. The van der Waals surface area contributed by atoms with Crippen LogP contribution in [0.25, 0.3) is 0 Å². The second-order valence-corrected chi connectivity index (χ2v) is 2.04. The quantitative estimate of drug-likeness (QED) is 0.523. The Hall–Kier alpha value is -1.56. The van der Waals surface area contributed by atoms with Crippen molar-refractivity contribution in [3.05, 3.63) is 23.4 Å². The first-order valence-corrected chi connectivity index (χ1v) is 2.78. The van der Waals surface area contributed by atoms with Gasteiger partial charge in [0.25, 0.3) is 5.91 Å². The summed E-state index contributed by atoms with van der Waals surface area (Å²) in [5.74, 6) is -0.343. The fourth-order valence-corrected chi connectivity index (χ4v) is 0.749. The predicted octanol–water partition coefficient (Wildman–Crippen LogP) is 0.470. The number of carbonyl (C=O) groups is 1. The first-order valence-electron chi connectivity index (χ1n) is 2.78. The summed E-state index contributed by atoms with van der Waals surface area (Å²) in [6, 6.07) is 1.80. The third-order valence-electron chi connectivity index (χ3n) is 1.43. The van der Waals surface area contributed by atoms with Crippen molar-refractivity contribution < 1.29 is 4.79 Å². The highest BCUT2D eigenvalue weighted by atomic mass is 16.1. The molecule has 0 aromatic carbocycles. The Kier molecular flexibility index (Phi) is 1.31. The van der Waals surface area contributed by atoms with Crippen LogP contribution < -0.4 is 5.32 Å². The molecule has 0 saturated heterocycles. The minimum absolute atomic E-state index is 0.171. The molecule has 0 aliphatic carbocycles. The average molecular weight is 134 g/mol. The Bertz CT molecular complexity index is 280. The zero-order chi connectivity index (χ0) is 7.72. The van der Waals surface area contributed by atoms with Gasteiger partial charge in [-0.1, -0.05) is 6.58 Å². The summed E-state index contributed by atoms with van der Waals surface area (Å²) >= 11 is 0. The second kappa shape index (κ2) is 1.99. The predicted molar refractivity (Wildman–Crippen MR) is 35.6 cm³/mol. The molecule has 0 atom stereocenters. The van der Waals surface area contributed by atoms with Gasteiger partial charge in [-0.15, -0.1) is 0 Å². The normalized spacial score (nSPS) is 17.2. The van der Waals surface area contributed by atoms with Crippen LogP contribution in [0.3, 0.4) is 0 Å². The van der Waals surface area contributed by atoms with Crippen molar-refractivity contribution in [2.24, 2.45) is 0 Å². The molecule has 3 heteroatoms. The van der Waals surface area contributed by atoms with E-state index in [1.54, 1.807) is 13.0 Å². The number of nitriles is 1. The summed E-state index contributed by atoms with van der Waals surface area (Å²) in [5.41, 5.74) is 1.35. The molecule has 3 nitrogen and oxygen atoms in total. The van der Waals surface area contributed by atoms with Gasteiger partial charge in [-0.3, -0.25) is 4.79 Å². The topological polar surface area (TPSA) is 52.9 Å². The van der Waals surface area contributed by atoms with Crippen LogP contribution in [0.1, 0.15) is 6.92 Å². The summed E-state index contributed by atoms with van der Waals surface area (Å²) in [6.45, 7) is 5.24. The number of allylic oxidation sites excluding steroid dienone is 1. The van der Waals surface area contributed by atoms with Gasteiger partial charge in [-0.05, 0) is 12.5 Å². The van der Waals surface area contributed by atoms with Crippen LogP contribution in [0, 0.1) is 11.3 Å². The number of nitrogens with zero attached hydrogens (tertiary/aromatic N) is 1. The van der Waals surface area contributed by atoms with Gasteiger partial charge in [-0.25, -0.2) is 0 Å². The van der Waals surface area contributed by atoms with Crippen LogP contribution in [0.2, 0.25) is 0 Å². The molecule has 50 valence electrons. The van der Waals surface area contributed by atoms with E-state index < -0.39 is 0 Å². The van der Waals surface area contributed by atoms with Crippen LogP contribution in [-0.4, -0.2) is 5.91 Å². The molecule has 1 aliphatic heterocycles. The van der Waals surface area contributed by atoms with Crippen LogP contribution in [-0.2, 0) is 4.79 Å². The number of nitrogens with one attached hydrogen (secondary N) is 1. The molecule has 1 aliphatic rings. The number of hydrogen-bond acceptors (Lipinski definition) is 2. The van der Waals surface area contributed by atoms with E-state index in [-0.39, 0.29) is 11.5 Å². The molecule has 1 N–H and O–H groups in total. The number of hydrogen-bond donors (Lipinski definition) is 1. The fourth-order valence-electron chi connectivity index (χ4n) is 0.749. The van der Waals surface area contributed by atoms with Crippen molar-refractivity contribution in [1.29, 1.82) is 5.26 Å². The Morgan fingerprint density at radius 3 is 2.50 bits per heavy atom. The van der Waals surface area contributed by atoms with Crippen LogP contribution in [0.15, 0.2) is 23.4 Å². The van der Waals surface area contributed by atoms with E-state index >= 15 is 0 Å². The maximum Gasteiger partial charge on any atom is 0.266 e. The van der Waals surface area contributed by atoms with Crippen molar-refractivity contribution in [3.63, 3.8) is 0 Å². The minimum atomic E-state index is -0.343. The lowest BCUT2D eigenvalue weighted by Crippen LogP contribution is -2.14. The Labute approximate surface area is 58.6 Å². The van der Waals surface area contributed by atoms with E-state index in [4.69, 9.17) is 5.26 Å². The number of amides is 1. The standard InChI is InChI=1S/C7H6N2O/c1-4-5(2)9-7(10)6(4)3-8/h2H2,1H3,(H,9,10). The van der Waals surface area contributed by atoms with E-state index in [0.717, 1.165) is 0 Å². The molecule has 0 unspecified atom stereocenters. The molecule has 0 spiro atoms. The van der Waals surface area contributed by atoms with Crippen molar-refractivity contribution in [2.75, 3.05) is 0 Å². The molecule has 0 bridgehead atoms. The molecule has 1 amide bonds. The molecule has 0 saturated carbocycles. The zero-order valence-electron chi connectivity index (χ0n) is 5.56. The van der Waals surface area contributed by atoms with Gasteiger partial charge in [0.2, 0.25) is 0 Å². The molecular formula is C7H6N2O. The van der Waals surface area contributed by atoms with Crippen molar-refractivity contribution >= 4 is 5.91 Å². The van der Waals surface area contributed by atoms with E-state index in [9.17, 15) is 4.79 Å². The van der Waals surface area contributed by atoms with Crippen LogP contribution >= 0.6 is 0 Å². The first kappa shape index (κ1) is 6.56. The van der Waals surface area contributed by atoms with Crippen LogP contribution in [0.5, 0.6) is 0 Å². The van der Waals surface area contributed by atoms with E-state index in [2.05, 4.69) is 11.9 Å². The smallest absolute Gasteiger partial charge is 0.266 e. The van der Waals surface area contributed by atoms with Gasteiger partial charge in [0.1, 0.15) is 11.6 Å². The zero-order valence-corrected chi connectivity index (χ0v) is 5.56. The summed E-state index contributed by atoms with van der Waals surface area (Å²) in [6.07, 6.45) is 0.